The first-order valence-electron chi connectivity index (χ1n) is 4.35. The molecule has 0 aliphatic carbocycles. The van der Waals surface area contributed by atoms with Crippen LogP contribution in [0.15, 0.2) is 11.7 Å². The zero-order valence-corrected chi connectivity index (χ0v) is 9.56. The number of rotatable bonds is 2. The minimum Gasteiger partial charge on any atom is -0.313 e. The lowest BCUT2D eigenvalue weighted by atomic mass is 10.3. The molecule has 0 N–H and O–H groups in total. The van der Waals surface area contributed by atoms with Crippen LogP contribution in [0.2, 0.25) is 5.02 Å². The number of aromatic nitrogens is 3. The molecular formula is C9H10ClN3S. The molecule has 2 aromatic heterocycles. The summed E-state index contributed by atoms with van der Waals surface area (Å²) in [6.45, 7) is 4.91. The molecular weight excluding hydrogens is 218 g/mol. The van der Waals surface area contributed by atoms with Gasteiger partial charge in [-0.2, -0.15) is 0 Å². The maximum absolute atomic E-state index is 6.16. The van der Waals surface area contributed by atoms with E-state index in [-0.39, 0.29) is 0 Å². The number of halogens is 1. The van der Waals surface area contributed by atoms with E-state index in [2.05, 4.69) is 17.1 Å². The summed E-state index contributed by atoms with van der Waals surface area (Å²) in [4.78, 5) is 1.00. The molecule has 2 heterocycles. The number of nitrogens with zero attached hydrogens (tertiary/aromatic N) is 3. The molecule has 0 aliphatic rings. The molecule has 0 spiro atoms. The summed E-state index contributed by atoms with van der Waals surface area (Å²) < 4.78 is 1.98. The van der Waals surface area contributed by atoms with Gasteiger partial charge in [0.05, 0.1) is 9.90 Å². The van der Waals surface area contributed by atoms with Crippen molar-refractivity contribution >= 4 is 22.9 Å². The molecule has 14 heavy (non-hydrogen) atoms. The van der Waals surface area contributed by atoms with Crippen LogP contribution in [0.25, 0.3) is 10.7 Å². The Hall–Kier alpha value is -0.870. The van der Waals surface area contributed by atoms with Crippen molar-refractivity contribution in [2.24, 2.45) is 0 Å². The molecule has 0 unspecified atom stereocenters. The first kappa shape index (κ1) is 9.68. The normalized spacial score (nSPS) is 10.8. The lowest BCUT2D eigenvalue weighted by Crippen LogP contribution is -1.94. The zero-order valence-electron chi connectivity index (χ0n) is 7.99. The van der Waals surface area contributed by atoms with Gasteiger partial charge in [-0.05, 0) is 24.8 Å². The average Bonchev–Trinajstić information content (AvgIpc) is 2.75. The third kappa shape index (κ3) is 1.44. The van der Waals surface area contributed by atoms with Crippen molar-refractivity contribution in [3.63, 3.8) is 0 Å². The van der Waals surface area contributed by atoms with E-state index in [1.807, 2.05) is 16.9 Å². The minimum atomic E-state index is 0.790. The molecule has 0 radical (unpaired) electrons. The molecule has 0 fully saturated rings. The van der Waals surface area contributed by atoms with E-state index < -0.39 is 0 Å². The largest absolute Gasteiger partial charge is 0.313 e. The number of aryl methyl sites for hydroxylation is 2. The van der Waals surface area contributed by atoms with Crippen LogP contribution >= 0.6 is 22.9 Å². The van der Waals surface area contributed by atoms with Crippen molar-refractivity contribution in [2.45, 2.75) is 20.4 Å². The molecule has 0 saturated heterocycles. The fraction of sp³-hybridized carbons (Fsp3) is 0.333. The van der Waals surface area contributed by atoms with Gasteiger partial charge in [0.15, 0.2) is 5.82 Å². The molecule has 5 heteroatoms. The smallest absolute Gasteiger partial charge is 0.175 e. The first-order valence-corrected chi connectivity index (χ1v) is 5.61. The predicted octanol–water partition coefficient (Wildman–Crippen LogP) is 2.99. The van der Waals surface area contributed by atoms with Crippen LogP contribution in [0.5, 0.6) is 0 Å². The van der Waals surface area contributed by atoms with Crippen LogP contribution in [-0.4, -0.2) is 14.8 Å². The van der Waals surface area contributed by atoms with E-state index in [9.17, 15) is 0 Å². The van der Waals surface area contributed by atoms with Crippen molar-refractivity contribution in [3.05, 3.63) is 22.3 Å². The molecule has 0 bridgehead atoms. The van der Waals surface area contributed by atoms with Crippen LogP contribution in [0.1, 0.15) is 12.5 Å². The highest BCUT2D eigenvalue weighted by atomic mass is 35.5. The first-order chi connectivity index (χ1) is 6.74. The molecule has 74 valence electrons. The van der Waals surface area contributed by atoms with Gasteiger partial charge in [0.25, 0.3) is 0 Å². The zero-order chi connectivity index (χ0) is 10.1. The van der Waals surface area contributed by atoms with E-state index >= 15 is 0 Å². The lowest BCUT2D eigenvalue weighted by molar-refractivity contribution is 0.768. The third-order valence-corrected chi connectivity index (χ3v) is 3.75. The second-order valence-corrected chi connectivity index (χ2v) is 4.26. The summed E-state index contributed by atoms with van der Waals surface area (Å²) >= 11 is 7.77. The predicted molar refractivity (Wildman–Crippen MR) is 58.8 cm³/mol. The summed E-state index contributed by atoms with van der Waals surface area (Å²) in [5.74, 6) is 0.857. The van der Waals surface area contributed by atoms with Gasteiger partial charge >= 0.3 is 0 Å². The van der Waals surface area contributed by atoms with Gasteiger partial charge in [-0.3, -0.25) is 0 Å². The second-order valence-electron chi connectivity index (χ2n) is 3.00. The summed E-state index contributed by atoms with van der Waals surface area (Å²) in [6, 6.07) is 0. The maximum atomic E-state index is 6.16. The Balaban J connectivity index is 2.54. The van der Waals surface area contributed by atoms with Gasteiger partial charge in [0, 0.05) is 6.54 Å². The highest BCUT2D eigenvalue weighted by Crippen LogP contribution is 2.34. The van der Waals surface area contributed by atoms with Gasteiger partial charge in [0.1, 0.15) is 6.33 Å². The molecule has 2 rings (SSSR count). The van der Waals surface area contributed by atoms with Crippen LogP contribution < -0.4 is 0 Å². The molecule has 0 amide bonds. The van der Waals surface area contributed by atoms with Gasteiger partial charge in [-0.25, -0.2) is 0 Å². The second kappa shape index (κ2) is 3.71. The van der Waals surface area contributed by atoms with Crippen LogP contribution in [0.3, 0.4) is 0 Å². The number of hydrogen-bond acceptors (Lipinski definition) is 3. The molecule has 0 aromatic carbocycles. The monoisotopic (exact) mass is 227 g/mol. The van der Waals surface area contributed by atoms with E-state index in [4.69, 9.17) is 11.6 Å². The summed E-state index contributed by atoms with van der Waals surface area (Å²) in [7, 11) is 0. The average molecular weight is 228 g/mol. The molecule has 0 atom stereocenters. The van der Waals surface area contributed by atoms with Crippen molar-refractivity contribution < 1.29 is 0 Å². The molecule has 3 nitrogen and oxygen atoms in total. The Kier molecular flexibility index (Phi) is 2.56. The Bertz CT molecular complexity index is 447. The summed E-state index contributed by atoms with van der Waals surface area (Å²) in [5, 5.41) is 10.8. The van der Waals surface area contributed by atoms with Crippen LogP contribution in [0.4, 0.5) is 0 Å². The highest BCUT2D eigenvalue weighted by molar-refractivity contribution is 7.14. The Morgan fingerprint density at radius 1 is 1.57 bits per heavy atom. The summed E-state index contributed by atoms with van der Waals surface area (Å²) in [5.41, 5.74) is 1.09. The molecule has 0 aliphatic heterocycles. The van der Waals surface area contributed by atoms with E-state index in [0.29, 0.717) is 0 Å². The van der Waals surface area contributed by atoms with E-state index in [1.165, 1.54) is 0 Å². The van der Waals surface area contributed by atoms with Crippen LogP contribution in [-0.2, 0) is 6.54 Å². The van der Waals surface area contributed by atoms with Crippen molar-refractivity contribution in [1.29, 1.82) is 0 Å². The number of thiophene rings is 1. The quantitative estimate of drug-likeness (QED) is 0.790. The van der Waals surface area contributed by atoms with Gasteiger partial charge in [-0.15, -0.1) is 21.5 Å². The fourth-order valence-electron chi connectivity index (χ4n) is 1.24. The van der Waals surface area contributed by atoms with Gasteiger partial charge in [-0.1, -0.05) is 11.6 Å². The molecule has 2 aromatic rings. The number of hydrogen-bond donors (Lipinski definition) is 0. The standard InChI is InChI=1S/C9H10ClN3S/c1-3-13-5-11-12-9(13)8-7(10)6(2)4-14-8/h4-5H,3H2,1-2H3. The van der Waals surface area contributed by atoms with Crippen molar-refractivity contribution in [2.75, 3.05) is 0 Å². The highest BCUT2D eigenvalue weighted by Gasteiger charge is 2.13. The van der Waals surface area contributed by atoms with Crippen molar-refractivity contribution in [1.82, 2.24) is 14.8 Å². The van der Waals surface area contributed by atoms with E-state index in [1.54, 1.807) is 17.7 Å². The Labute approximate surface area is 91.4 Å². The van der Waals surface area contributed by atoms with Crippen LogP contribution in [0, 0.1) is 6.92 Å². The Morgan fingerprint density at radius 2 is 2.36 bits per heavy atom. The fourth-order valence-corrected chi connectivity index (χ4v) is 2.52. The topological polar surface area (TPSA) is 30.7 Å². The molecule has 0 saturated carbocycles. The van der Waals surface area contributed by atoms with Gasteiger partial charge in [0.2, 0.25) is 0 Å². The maximum Gasteiger partial charge on any atom is 0.175 e. The van der Waals surface area contributed by atoms with Crippen molar-refractivity contribution in [3.8, 4) is 10.7 Å². The summed E-state index contributed by atoms with van der Waals surface area (Å²) in [6.07, 6.45) is 1.72. The third-order valence-electron chi connectivity index (χ3n) is 2.06. The van der Waals surface area contributed by atoms with E-state index in [0.717, 1.165) is 27.8 Å². The SMILES string of the molecule is CCn1cnnc1-c1scc(C)c1Cl. The van der Waals surface area contributed by atoms with Gasteiger partial charge < -0.3 is 4.57 Å². The Morgan fingerprint density at radius 3 is 2.93 bits per heavy atom. The minimum absolute atomic E-state index is 0.790. The lowest BCUT2D eigenvalue weighted by Gasteiger charge is -2.00.